The number of aryl methyl sites for hydroxylation is 1. The molecule has 1 aliphatic heterocycles. The third kappa shape index (κ3) is 6.35. The Balaban J connectivity index is 2.06. The van der Waals surface area contributed by atoms with E-state index in [4.69, 9.17) is 0 Å². The number of nitrogens with zero attached hydrogens (tertiary/aromatic N) is 2. The normalized spacial score (nSPS) is 17.8. The number of amides is 1. The molecule has 0 fully saturated rings. The van der Waals surface area contributed by atoms with Gasteiger partial charge in [0.1, 0.15) is 11.6 Å². The topological polar surface area (TPSA) is 70.0 Å². The number of aliphatic carboxylic acids is 1. The van der Waals surface area contributed by atoms with Crippen molar-refractivity contribution in [3.8, 4) is 0 Å². The Kier molecular flexibility index (Phi) is 8.04. The third-order valence-electron chi connectivity index (χ3n) is 6.06. The third-order valence-corrected chi connectivity index (χ3v) is 6.06. The first kappa shape index (κ1) is 29.5. The van der Waals surface area contributed by atoms with Gasteiger partial charge in [-0.15, -0.1) is 0 Å². The molecule has 5 nitrogen and oxygen atoms in total. The molecule has 0 saturated carbocycles. The molecule has 208 valence electrons. The monoisotopic (exact) mass is 560 g/mol. The van der Waals surface area contributed by atoms with Crippen molar-refractivity contribution < 1.29 is 49.8 Å². The molecule has 39 heavy (non-hydrogen) atoms. The van der Waals surface area contributed by atoms with Crippen molar-refractivity contribution >= 4 is 18.1 Å². The molecule has 1 heterocycles. The fourth-order valence-corrected chi connectivity index (χ4v) is 4.23. The molecule has 1 atom stereocenters. The van der Waals surface area contributed by atoms with Crippen molar-refractivity contribution in [3.05, 3.63) is 93.7 Å². The lowest BCUT2D eigenvalue weighted by molar-refractivity contribution is -0.143. The molecule has 1 unspecified atom stereocenters. The second-order valence-corrected chi connectivity index (χ2v) is 8.88. The molecular weight excluding hydrogens is 540 g/mol. The molecule has 1 N–H and O–H groups in total. The SMILES string of the molecule is Cc1cc(F)ccc1C1(CC(=O)N(C)Cc2cc(C(F)(F)F)cc(C(F)(F)F)c2)C=CC=NC(C(=O)O)=C1F. The summed E-state index contributed by atoms with van der Waals surface area (Å²) in [5.41, 5.74) is -6.66. The van der Waals surface area contributed by atoms with Crippen molar-refractivity contribution in [3.63, 3.8) is 0 Å². The van der Waals surface area contributed by atoms with Crippen LogP contribution in [0.1, 0.15) is 34.2 Å². The van der Waals surface area contributed by atoms with E-state index in [1.54, 1.807) is 0 Å². The Labute approximate surface area is 216 Å². The maximum atomic E-state index is 15.9. The van der Waals surface area contributed by atoms with Gasteiger partial charge < -0.3 is 10.0 Å². The van der Waals surface area contributed by atoms with Crippen LogP contribution in [-0.2, 0) is 33.9 Å². The first-order valence-electron chi connectivity index (χ1n) is 11.1. The minimum Gasteiger partial charge on any atom is -0.476 e. The fourth-order valence-electron chi connectivity index (χ4n) is 4.23. The quantitative estimate of drug-likeness (QED) is 0.418. The molecule has 2 aromatic rings. The van der Waals surface area contributed by atoms with Gasteiger partial charge in [0.05, 0.1) is 16.5 Å². The lowest BCUT2D eigenvalue weighted by Gasteiger charge is -2.32. The Morgan fingerprint density at radius 2 is 1.56 bits per heavy atom. The van der Waals surface area contributed by atoms with E-state index >= 15 is 4.39 Å². The van der Waals surface area contributed by atoms with Gasteiger partial charge in [0, 0.05) is 26.2 Å². The van der Waals surface area contributed by atoms with Crippen LogP contribution in [0.2, 0.25) is 0 Å². The van der Waals surface area contributed by atoms with Gasteiger partial charge in [-0.1, -0.05) is 12.1 Å². The predicted molar refractivity (Wildman–Crippen MR) is 124 cm³/mol. The number of carbonyl (C=O) groups excluding carboxylic acids is 1. The summed E-state index contributed by atoms with van der Waals surface area (Å²) in [4.78, 5) is 29.3. The van der Waals surface area contributed by atoms with Gasteiger partial charge in [0.2, 0.25) is 5.91 Å². The highest BCUT2D eigenvalue weighted by Crippen LogP contribution is 2.43. The summed E-state index contributed by atoms with van der Waals surface area (Å²) in [6.45, 7) is 0.671. The molecule has 0 spiro atoms. The first-order chi connectivity index (χ1) is 18.0. The van der Waals surface area contributed by atoms with E-state index in [2.05, 4.69) is 4.99 Å². The number of aliphatic imine (C=N–C) groups is 1. The summed E-state index contributed by atoms with van der Waals surface area (Å²) in [6, 6.07) is 4.01. The summed E-state index contributed by atoms with van der Waals surface area (Å²) in [7, 11) is 1.08. The molecule has 1 aliphatic rings. The van der Waals surface area contributed by atoms with Crippen LogP contribution in [0.25, 0.3) is 0 Å². The van der Waals surface area contributed by atoms with Crippen molar-refractivity contribution in [1.29, 1.82) is 0 Å². The van der Waals surface area contributed by atoms with E-state index in [1.807, 2.05) is 0 Å². The van der Waals surface area contributed by atoms with Gasteiger partial charge in [-0.3, -0.25) is 4.79 Å². The van der Waals surface area contributed by atoms with Crippen LogP contribution in [0, 0.1) is 12.7 Å². The summed E-state index contributed by atoms with van der Waals surface area (Å²) < 4.78 is 109. The summed E-state index contributed by atoms with van der Waals surface area (Å²) in [6.07, 6.45) is -7.76. The first-order valence-corrected chi connectivity index (χ1v) is 11.1. The van der Waals surface area contributed by atoms with E-state index in [-0.39, 0.29) is 17.2 Å². The average Bonchev–Trinajstić information content (AvgIpc) is 2.97. The zero-order valence-electron chi connectivity index (χ0n) is 20.3. The highest BCUT2D eigenvalue weighted by Gasteiger charge is 2.43. The summed E-state index contributed by atoms with van der Waals surface area (Å²) in [5.74, 6) is -4.79. The van der Waals surface area contributed by atoms with Crippen molar-refractivity contribution in [2.24, 2.45) is 4.99 Å². The molecule has 13 heteroatoms. The predicted octanol–water partition coefficient (Wildman–Crippen LogP) is 6.36. The average molecular weight is 560 g/mol. The van der Waals surface area contributed by atoms with E-state index in [0.717, 1.165) is 42.4 Å². The van der Waals surface area contributed by atoms with Crippen molar-refractivity contribution in [2.45, 2.75) is 37.7 Å². The molecule has 0 saturated heterocycles. The molecule has 3 rings (SSSR count). The van der Waals surface area contributed by atoms with Crippen LogP contribution in [0.5, 0.6) is 0 Å². The number of benzene rings is 2. The lowest BCUT2D eigenvalue weighted by Crippen LogP contribution is -2.36. The van der Waals surface area contributed by atoms with Crippen LogP contribution in [-0.4, -0.2) is 35.1 Å². The van der Waals surface area contributed by atoms with E-state index in [9.17, 15) is 45.4 Å². The number of carbonyl (C=O) groups is 2. The number of hydrogen-bond donors (Lipinski definition) is 1. The molecule has 0 bridgehead atoms. The van der Waals surface area contributed by atoms with E-state index < -0.39 is 76.6 Å². The molecule has 0 aliphatic carbocycles. The Hall–Kier alpha value is -4.03. The molecule has 2 aromatic carbocycles. The number of alkyl halides is 6. The van der Waals surface area contributed by atoms with E-state index in [1.165, 1.54) is 13.0 Å². The van der Waals surface area contributed by atoms with Crippen molar-refractivity contribution in [1.82, 2.24) is 4.90 Å². The van der Waals surface area contributed by atoms with Crippen molar-refractivity contribution in [2.75, 3.05) is 7.05 Å². The molecule has 0 aromatic heterocycles. The maximum Gasteiger partial charge on any atom is 0.416 e. The van der Waals surface area contributed by atoms with Crippen LogP contribution in [0.3, 0.4) is 0 Å². The number of allylic oxidation sites excluding steroid dienone is 3. The Bertz CT molecular complexity index is 1360. The highest BCUT2D eigenvalue weighted by molar-refractivity contribution is 5.92. The van der Waals surface area contributed by atoms with Crippen LogP contribution < -0.4 is 0 Å². The number of carboxylic acid groups (broad SMARTS) is 1. The lowest BCUT2D eigenvalue weighted by atomic mass is 9.73. The summed E-state index contributed by atoms with van der Waals surface area (Å²) in [5, 5.41) is 9.47. The van der Waals surface area contributed by atoms with E-state index in [0.29, 0.717) is 12.1 Å². The van der Waals surface area contributed by atoms with Crippen LogP contribution in [0.4, 0.5) is 35.1 Å². The van der Waals surface area contributed by atoms with Crippen LogP contribution >= 0.6 is 0 Å². The van der Waals surface area contributed by atoms with Crippen LogP contribution in [0.15, 0.2) is 65.1 Å². The second kappa shape index (κ2) is 10.6. The number of carboxylic acids is 1. The molecule has 1 amide bonds. The number of halogens is 8. The largest absolute Gasteiger partial charge is 0.476 e. The summed E-state index contributed by atoms with van der Waals surface area (Å²) >= 11 is 0. The minimum atomic E-state index is -5.10. The smallest absolute Gasteiger partial charge is 0.416 e. The van der Waals surface area contributed by atoms with Gasteiger partial charge in [0.25, 0.3) is 0 Å². The standard InChI is InChI=1S/C26H20F8N2O3/c1-14-8-18(27)4-5-19(14)24(6-3-7-35-21(22(24)28)23(38)39)12-20(37)36(2)13-15-9-16(25(29,30)31)11-17(10-15)26(32,33)34/h3-11H,12-13H2,1-2H3,(H,38,39). The zero-order valence-corrected chi connectivity index (χ0v) is 20.3. The van der Waals surface area contributed by atoms with Gasteiger partial charge in [0.15, 0.2) is 5.70 Å². The zero-order chi connectivity index (χ0) is 29.3. The minimum absolute atomic E-state index is 0.00192. The Morgan fingerprint density at radius 3 is 2.08 bits per heavy atom. The van der Waals surface area contributed by atoms with Gasteiger partial charge in [-0.25, -0.2) is 18.6 Å². The molecule has 0 radical (unpaired) electrons. The maximum absolute atomic E-state index is 15.9. The van der Waals surface area contributed by atoms with Gasteiger partial charge in [-0.2, -0.15) is 26.3 Å². The van der Waals surface area contributed by atoms with Gasteiger partial charge >= 0.3 is 18.3 Å². The highest BCUT2D eigenvalue weighted by atomic mass is 19.4. The second-order valence-electron chi connectivity index (χ2n) is 8.88. The Morgan fingerprint density at radius 1 is 0.974 bits per heavy atom. The number of rotatable bonds is 6. The molecular formula is C26H20F8N2O3. The fraction of sp³-hybridized carbons (Fsp3) is 0.269. The number of hydrogen-bond acceptors (Lipinski definition) is 3. The van der Waals surface area contributed by atoms with Gasteiger partial charge in [-0.05, 0) is 60.0 Å².